The summed E-state index contributed by atoms with van der Waals surface area (Å²) in [6.45, 7) is 1.77. The van der Waals surface area contributed by atoms with Crippen LogP contribution in [0.15, 0.2) is 59.0 Å². The van der Waals surface area contributed by atoms with E-state index in [1.54, 1.807) is 12.1 Å². The molecule has 144 valence electrons. The maximum Gasteiger partial charge on any atom is 0.374 e. The number of carbonyl (C=O) groups excluding carboxylic acids is 2. The van der Waals surface area contributed by atoms with Gasteiger partial charge in [0.15, 0.2) is 6.61 Å². The van der Waals surface area contributed by atoms with E-state index in [4.69, 9.17) is 9.15 Å². The molecule has 0 radical (unpaired) electrons. The van der Waals surface area contributed by atoms with Crippen LogP contribution in [0.5, 0.6) is 0 Å². The van der Waals surface area contributed by atoms with Crippen molar-refractivity contribution < 1.29 is 18.7 Å². The lowest BCUT2D eigenvalue weighted by Gasteiger charge is -2.28. The fourth-order valence-corrected chi connectivity index (χ4v) is 3.39. The third-order valence-corrected chi connectivity index (χ3v) is 4.83. The number of fused-ring (bicyclic) bond motifs is 1. The first-order valence-electron chi connectivity index (χ1n) is 9.49. The molecule has 1 amide bonds. The fraction of sp³-hybridized carbons (Fsp3) is 0.273. The summed E-state index contributed by atoms with van der Waals surface area (Å²) in [6, 6.07) is 16.6. The molecule has 1 saturated heterocycles. The molecule has 0 saturated carbocycles. The van der Waals surface area contributed by atoms with Gasteiger partial charge in [0.2, 0.25) is 5.76 Å². The van der Waals surface area contributed by atoms with Crippen molar-refractivity contribution in [1.29, 1.82) is 0 Å². The van der Waals surface area contributed by atoms with Crippen LogP contribution in [0, 0.1) is 0 Å². The van der Waals surface area contributed by atoms with Gasteiger partial charge in [0, 0.05) is 29.9 Å². The van der Waals surface area contributed by atoms with E-state index in [0.717, 1.165) is 24.2 Å². The summed E-state index contributed by atoms with van der Waals surface area (Å²) in [5.74, 6) is -0.970. The summed E-state index contributed by atoms with van der Waals surface area (Å²) in [5.41, 5.74) is 2.44. The Balaban J connectivity index is 1.29. The summed E-state index contributed by atoms with van der Waals surface area (Å²) in [5, 5.41) is 3.55. The maximum atomic E-state index is 12.1. The van der Waals surface area contributed by atoms with Gasteiger partial charge < -0.3 is 19.4 Å². The van der Waals surface area contributed by atoms with E-state index in [0.29, 0.717) is 11.3 Å². The van der Waals surface area contributed by atoms with E-state index in [2.05, 4.69) is 10.2 Å². The largest absolute Gasteiger partial charge is 0.450 e. The van der Waals surface area contributed by atoms with Crippen LogP contribution in [0.3, 0.4) is 0 Å². The number of hydrogen-bond donors (Lipinski definition) is 1. The van der Waals surface area contributed by atoms with Crippen molar-refractivity contribution in [3.8, 4) is 0 Å². The molecule has 1 aliphatic rings. The van der Waals surface area contributed by atoms with Crippen LogP contribution in [0.1, 0.15) is 29.8 Å². The molecular formula is C22H22N2O4. The zero-order chi connectivity index (χ0) is 19.3. The quantitative estimate of drug-likeness (QED) is 0.673. The zero-order valence-corrected chi connectivity index (χ0v) is 15.5. The van der Waals surface area contributed by atoms with Gasteiger partial charge in [0.25, 0.3) is 5.91 Å². The standard InChI is InChI=1S/C22H22N2O4/c25-21(15-27-22(26)20-14-16-6-2-3-7-19(16)28-20)23-17-8-10-18(11-9-17)24-12-4-1-5-13-24/h2-3,6-11,14H,1,4-5,12-13,15H2,(H,23,25). The summed E-state index contributed by atoms with van der Waals surface area (Å²) >= 11 is 0. The molecular weight excluding hydrogens is 356 g/mol. The lowest BCUT2D eigenvalue weighted by molar-refractivity contribution is -0.119. The Morgan fingerprint density at radius 1 is 1.00 bits per heavy atom. The fourth-order valence-electron chi connectivity index (χ4n) is 3.39. The van der Waals surface area contributed by atoms with E-state index in [1.807, 2.05) is 42.5 Å². The van der Waals surface area contributed by atoms with Crippen molar-refractivity contribution in [3.05, 3.63) is 60.4 Å². The summed E-state index contributed by atoms with van der Waals surface area (Å²) < 4.78 is 10.5. The van der Waals surface area contributed by atoms with Crippen molar-refractivity contribution in [3.63, 3.8) is 0 Å². The average Bonchev–Trinajstić information content (AvgIpc) is 3.18. The molecule has 2 aromatic carbocycles. The van der Waals surface area contributed by atoms with Crippen LogP contribution in [-0.4, -0.2) is 31.6 Å². The molecule has 0 spiro atoms. The number of nitrogens with zero attached hydrogens (tertiary/aromatic N) is 1. The van der Waals surface area contributed by atoms with Gasteiger partial charge in [-0.1, -0.05) is 18.2 Å². The Morgan fingerprint density at radius 2 is 1.75 bits per heavy atom. The number of carbonyl (C=O) groups is 2. The highest BCUT2D eigenvalue weighted by Gasteiger charge is 2.16. The molecule has 28 heavy (non-hydrogen) atoms. The minimum atomic E-state index is -0.660. The van der Waals surface area contributed by atoms with E-state index >= 15 is 0 Å². The highest BCUT2D eigenvalue weighted by Crippen LogP contribution is 2.22. The van der Waals surface area contributed by atoms with Gasteiger partial charge >= 0.3 is 5.97 Å². The van der Waals surface area contributed by atoms with Gasteiger partial charge in [-0.05, 0) is 55.7 Å². The van der Waals surface area contributed by atoms with Crippen molar-refractivity contribution in [2.45, 2.75) is 19.3 Å². The second kappa shape index (κ2) is 8.17. The second-order valence-electron chi connectivity index (χ2n) is 6.87. The van der Waals surface area contributed by atoms with Gasteiger partial charge in [0.05, 0.1) is 0 Å². The Hall–Kier alpha value is -3.28. The number of furan rings is 1. The number of amides is 1. The van der Waals surface area contributed by atoms with E-state index < -0.39 is 11.9 Å². The van der Waals surface area contributed by atoms with E-state index in [1.165, 1.54) is 19.3 Å². The van der Waals surface area contributed by atoms with E-state index in [9.17, 15) is 9.59 Å². The smallest absolute Gasteiger partial charge is 0.374 e. The average molecular weight is 378 g/mol. The number of anilines is 2. The Labute approximate surface area is 163 Å². The predicted octanol–water partition coefficient (Wildman–Crippen LogP) is 4.22. The first-order valence-corrected chi connectivity index (χ1v) is 9.49. The minimum Gasteiger partial charge on any atom is -0.450 e. The number of hydrogen-bond acceptors (Lipinski definition) is 5. The number of para-hydroxylation sites is 1. The molecule has 0 atom stereocenters. The van der Waals surface area contributed by atoms with E-state index in [-0.39, 0.29) is 12.4 Å². The summed E-state index contributed by atoms with van der Waals surface area (Å²) in [6.07, 6.45) is 3.72. The summed E-state index contributed by atoms with van der Waals surface area (Å²) in [7, 11) is 0. The number of rotatable bonds is 5. The first-order chi connectivity index (χ1) is 13.7. The molecule has 6 heteroatoms. The molecule has 1 aliphatic heterocycles. The molecule has 4 rings (SSSR count). The predicted molar refractivity (Wildman–Crippen MR) is 108 cm³/mol. The van der Waals surface area contributed by atoms with Gasteiger partial charge in [-0.2, -0.15) is 0 Å². The monoisotopic (exact) mass is 378 g/mol. The number of piperidine rings is 1. The third-order valence-electron chi connectivity index (χ3n) is 4.83. The molecule has 2 heterocycles. The highest BCUT2D eigenvalue weighted by molar-refractivity contribution is 5.96. The Bertz CT molecular complexity index is 939. The van der Waals surface area contributed by atoms with Crippen LogP contribution in [0.25, 0.3) is 11.0 Å². The molecule has 0 aliphatic carbocycles. The number of ether oxygens (including phenoxy) is 1. The second-order valence-corrected chi connectivity index (χ2v) is 6.87. The van der Waals surface area contributed by atoms with Crippen LogP contribution in [-0.2, 0) is 9.53 Å². The van der Waals surface area contributed by atoms with Crippen molar-refractivity contribution >= 4 is 34.2 Å². The highest BCUT2D eigenvalue weighted by atomic mass is 16.5. The lowest BCUT2D eigenvalue weighted by Crippen LogP contribution is -2.29. The maximum absolute atomic E-state index is 12.1. The zero-order valence-electron chi connectivity index (χ0n) is 15.5. The topological polar surface area (TPSA) is 71.8 Å². The molecule has 1 N–H and O–H groups in total. The van der Waals surface area contributed by atoms with Crippen LogP contribution >= 0.6 is 0 Å². The molecule has 1 aromatic heterocycles. The van der Waals surface area contributed by atoms with Crippen LogP contribution in [0.2, 0.25) is 0 Å². The first kappa shape index (κ1) is 18.1. The molecule has 0 unspecified atom stereocenters. The Morgan fingerprint density at radius 3 is 2.50 bits per heavy atom. The van der Waals surface area contributed by atoms with Gasteiger partial charge in [-0.15, -0.1) is 0 Å². The SMILES string of the molecule is O=C(COC(=O)c1cc2ccccc2o1)Nc1ccc(N2CCCCC2)cc1. The van der Waals surface area contributed by atoms with Gasteiger partial charge in [-0.25, -0.2) is 4.79 Å². The van der Waals surface area contributed by atoms with Crippen molar-refractivity contribution in [1.82, 2.24) is 0 Å². The Kier molecular flexibility index (Phi) is 5.28. The number of nitrogens with one attached hydrogen (secondary N) is 1. The third kappa shape index (κ3) is 4.17. The number of benzene rings is 2. The molecule has 1 fully saturated rings. The van der Waals surface area contributed by atoms with Crippen LogP contribution < -0.4 is 10.2 Å². The lowest BCUT2D eigenvalue weighted by atomic mass is 10.1. The van der Waals surface area contributed by atoms with Gasteiger partial charge in [0.1, 0.15) is 5.58 Å². The normalized spacial score (nSPS) is 14.1. The van der Waals surface area contributed by atoms with Crippen LogP contribution in [0.4, 0.5) is 11.4 Å². The van der Waals surface area contributed by atoms with Gasteiger partial charge in [-0.3, -0.25) is 4.79 Å². The minimum absolute atomic E-state index is 0.0832. The molecule has 3 aromatic rings. The van der Waals surface area contributed by atoms with Crippen molar-refractivity contribution in [2.24, 2.45) is 0 Å². The summed E-state index contributed by atoms with van der Waals surface area (Å²) in [4.78, 5) is 26.5. The number of esters is 1. The molecule has 0 bridgehead atoms. The molecule has 6 nitrogen and oxygen atoms in total. The van der Waals surface area contributed by atoms with Crippen molar-refractivity contribution in [2.75, 3.05) is 29.9 Å².